The first-order valence-corrected chi connectivity index (χ1v) is 9.18. The Morgan fingerprint density at radius 1 is 1.35 bits per heavy atom. The number of nitrogens with zero attached hydrogens (tertiary/aromatic N) is 2. The average molecular weight is 352 g/mol. The molecule has 23 heavy (non-hydrogen) atoms. The molecule has 5 nitrogen and oxygen atoms in total. The van der Waals surface area contributed by atoms with Gasteiger partial charge < -0.3 is 5.73 Å². The first-order chi connectivity index (χ1) is 10.9. The second-order valence-electron chi connectivity index (χ2n) is 5.74. The van der Waals surface area contributed by atoms with Crippen molar-refractivity contribution in [2.24, 2.45) is 0 Å². The normalized spacial score (nSPS) is 19.1. The van der Waals surface area contributed by atoms with Crippen LogP contribution in [0.5, 0.6) is 0 Å². The molecule has 122 valence electrons. The summed E-state index contributed by atoms with van der Waals surface area (Å²) in [5.41, 5.74) is 8.12. The number of aryl methyl sites for hydroxylation is 1. The molecule has 3 rings (SSSR count). The Bertz CT molecular complexity index is 839. The first kappa shape index (κ1) is 16.2. The SMILES string of the molecule is Cc1ccccc1C1CCN(S(=O)(=O)c2cc(Cl)cnc2N)C1. The fourth-order valence-electron chi connectivity index (χ4n) is 3.02. The minimum atomic E-state index is -3.68. The Labute approximate surface area is 141 Å². The standard InChI is InChI=1S/C16H18ClN3O2S/c1-11-4-2-3-5-14(11)12-6-7-20(10-12)23(21,22)15-8-13(17)9-19-16(15)18/h2-5,8-9,12H,6-7,10H2,1H3,(H2,18,19). The van der Waals surface area contributed by atoms with Gasteiger partial charge in [0, 0.05) is 19.3 Å². The smallest absolute Gasteiger partial charge is 0.246 e. The Hall–Kier alpha value is -1.63. The summed E-state index contributed by atoms with van der Waals surface area (Å²) < 4.78 is 27.1. The van der Waals surface area contributed by atoms with Crippen LogP contribution in [-0.4, -0.2) is 30.8 Å². The third kappa shape index (κ3) is 3.06. The van der Waals surface area contributed by atoms with Gasteiger partial charge in [0.25, 0.3) is 0 Å². The van der Waals surface area contributed by atoms with E-state index in [1.165, 1.54) is 27.7 Å². The van der Waals surface area contributed by atoms with E-state index >= 15 is 0 Å². The highest BCUT2D eigenvalue weighted by atomic mass is 35.5. The lowest BCUT2D eigenvalue weighted by Crippen LogP contribution is -2.29. The maximum absolute atomic E-state index is 12.8. The van der Waals surface area contributed by atoms with Gasteiger partial charge >= 0.3 is 0 Å². The maximum Gasteiger partial charge on any atom is 0.246 e. The molecule has 1 fully saturated rings. The van der Waals surface area contributed by atoms with Crippen LogP contribution in [0.2, 0.25) is 5.02 Å². The summed E-state index contributed by atoms with van der Waals surface area (Å²) in [6.07, 6.45) is 2.13. The highest BCUT2D eigenvalue weighted by Crippen LogP contribution is 2.33. The number of halogens is 1. The monoisotopic (exact) mass is 351 g/mol. The molecule has 2 aromatic rings. The van der Waals surface area contributed by atoms with Gasteiger partial charge in [-0.15, -0.1) is 0 Å². The van der Waals surface area contributed by atoms with E-state index < -0.39 is 10.0 Å². The molecule has 1 unspecified atom stereocenters. The van der Waals surface area contributed by atoms with Crippen LogP contribution >= 0.6 is 11.6 Å². The minimum absolute atomic E-state index is 0.0181. The van der Waals surface area contributed by atoms with Gasteiger partial charge in [-0.05, 0) is 36.5 Å². The van der Waals surface area contributed by atoms with Crippen LogP contribution in [0.25, 0.3) is 0 Å². The van der Waals surface area contributed by atoms with Crippen molar-refractivity contribution in [1.82, 2.24) is 9.29 Å². The van der Waals surface area contributed by atoms with Crippen molar-refractivity contribution in [1.29, 1.82) is 0 Å². The summed E-state index contributed by atoms with van der Waals surface area (Å²) in [6.45, 7) is 2.96. The van der Waals surface area contributed by atoms with Crippen LogP contribution < -0.4 is 5.73 Å². The summed E-state index contributed by atoms with van der Waals surface area (Å²) in [7, 11) is -3.68. The van der Waals surface area contributed by atoms with Gasteiger partial charge in [-0.3, -0.25) is 0 Å². The summed E-state index contributed by atoms with van der Waals surface area (Å²) >= 11 is 5.87. The number of pyridine rings is 1. The lowest BCUT2D eigenvalue weighted by Gasteiger charge is -2.18. The van der Waals surface area contributed by atoms with Gasteiger partial charge in [0.2, 0.25) is 10.0 Å². The van der Waals surface area contributed by atoms with E-state index in [1.807, 2.05) is 25.1 Å². The zero-order valence-electron chi connectivity index (χ0n) is 12.7. The fraction of sp³-hybridized carbons (Fsp3) is 0.312. The molecule has 0 bridgehead atoms. The van der Waals surface area contributed by atoms with Crippen LogP contribution in [0, 0.1) is 6.92 Å². The average Bonchev–Trinajstić information content (AvgIpc) is 3.00. The first-order valence-electron chi connectivity index (χ1n) is 7.36. The van der Waals surface area contributed by atoms with Crippen LogP contribution in [0.15, 0.2) is 41.4 Å². The molecule has 0 aliphatic carbocycles. The zero-order valence-corrected chi connectivity index (χ0v) is 14.3. The Kier molecular flexibility index (Phi) is 4.31. The van der Waals surface area contributed by atoms with Crippen LogP contribution in [0.3, 0.4) is 0 Å². The van der Waals surface area contributed by atoms with Crippen LogP contribution in [0.1, 0.15) is 23.5 Å². The van der Waals surface area contributed by atoms with Gasteiger partial charge in [-0.2, -0.15) is 4.31 Å². The number of hydrogen-bond donors (Lipinski definition) is 1. The van der Waals surface area contributed by atoms with Crippen molar-refractivity contribution < 1.29 is 8.42 Å². The highest BCUT2D eigenvalue weighted by molar-refractivity contribution is 7.89. The van der Waals surface area contributed by atoms with Gasteiger partial charge in [0.05, 0.1) is 5.02 Å². The van der Waals surface area contributed by atoms with E-state index in [9.17, 15) is 8.42 Å². The molecule has 0 saturated carbocycles. The van der Waals surface area contributed by atoms with Crippen molar-refractivity contribution in [3.05, 3.63) is 52.7 Å². The van der Waals surface area contributed by atoms with E-state index in [0.717, 1.165) is 6.42 Å². The van der Waals surface area contributed by atoms with Crippen molar-refractivity contribution in [3.8, 4) is 0 Å². The summed E-state index contributed by atoms with van der Waals surface area (Å²) in [4.78, 5) is 3.83. The molecule has 7 heteroatoms. The number of nitrogens with two attached hydrogens (primary N) is 1. The maximum atomic E-state index is 12.8. The van der Waals surface area contributed by atoms with Crippen LogP contribution in [0.4, 0.5) is 5.82 Å². The number of rotatable bonds is 3. The molecule has 1 aromatic heterocycles. The topological polar surface area (TPSA) is 76.3 Å². The number of sulfonamides is 1. The summed E-state index contributed by atoms with van der Waals surface area (Å²) in [5.74, 6) is 0.174. The zero-order chi connectivity index (χ0) is 16.6. The van der Waals surface area contributed by atoms with Gasteiger partial charge in [-0.25, -0.2) is 13.4 Å². The predicted octanol–water partition coefficient (Wildman–Crippen LogP) is 2.80. The van der Waals surface area contributed by atoms with E-state index in [0.29, 0.717) is 13.1 Å². The Morgan fingerprint density at radius 2 is 2.09 bits per heavy atom. The molecule has 1 aromatic carbocycles. The van der Waals surface area contributed by atoms with E-state index in [-0.39, 0.29) is 21.7 Å². The number of aromatic nitrogens is 1. The molecule has 1 aliphatic rings. The second-order valence-corrected chi connectivity index (χ2v) is 8.08. The molecule has 0 radical (unpaired) electrons. The molecule has 0 spiro atoms. The van der Waals surface area contributed by atoms with Gasteiger partial charge in [-0.1, -0.05) is 35.9 Å². The molecule has 1 saturated heterocycles. The Morgan fingerprint density at radius 3 is 2.83 bits per heavy atom. The van der Waals surface area contributed by atoms with Crippen LogP contribution in [-0.2, 0) is 10.0 Å². The number of anilines is 1. The van der Waals surface area contributed by atoms with Crippen molar-refractivity contribution in [2.75, 3.05) is 18.8 Å². The summed E-state index contributed by atoms with van der Waals surface area (Å²) in [6, 6.07) is 9.44. The molecular formula is C16H18ClN3O2S. The second kappa shape index (κ2) is 6.11. The predicted molar refractivity (Wildman–Crippen MR) is 91.0 cm³/mol. The van der Waals surface area contributed by atoms with E-state index in [1.54, 1.807) is 0 Å². The van der Waals surface area contributed by atoms with E-state index in [2.05, 4.69) is 11.1 Å². The summed E-state index contributed by atoms with van der Waals surface area (Å²) in [5, 5.41) is 0.257. The molecular weight excluding hydrogens is 334 g/mol. The third-order valence-electron chi connectivity index (χ3n) is 4.25. The lowest BCUT2D eigenvalue weighted by atomic mass is 9.94. The van der Waals surface area contributed by atoms with Crippen molar-refractivity contribution in [2.45, 2.75) is 24.2 Å². The molecule has 1 aliphatic heterocycles. The van der Waals surface area contributed by atoms with E-state index in [4.69, 9.17) is 17.3 Å². The minimum Gasteiger partial charge on any atom is -0.383 e. The largest absolute Gasteiger partial charge is 0.383 e. The number of benzene rings is 1. The highest BCUT2D eigenvalue weighted by Gasteiger charge is 2.35. The Balaban J connectivity index is 1.89. The quantitative estimate of drug-likeness (QED) is 0.922. The molecule has 1 atom stereocenters. The molecule has 2 heterocycles. The number of hydrogen-bond acceptors (Lipinski definition) is 4. The molecule has 0 amide bonds. The van der Waals surface area contributed by atoms with Crippen molar-refractivity contribution >= 4 is 27.4 Å². The fourth-order valence-corrected chi connectivity index (χ4v) is 4.84. The van der Waals surface area contributed by atoms with Gasteiger partial charge in [0.15, 0.2) is 0 Å². The number of nitrogen functional groups attached to an aromatic ring is 1. The lowest BCUT2D eigenvalue weighted by molar-refractivity contribution is 0.473. The molecule has 2 N–H and O–H groups in total. The van der Waals surface area contributed by atoms with Crippen molar-refractivity contribution in [3.63, 3.8) is 0 Å². The third-order valence-corrected chi connectivity index (χ3v) is 6.35. The van der Waals surface area contributed by atoms with Gasteiger partial charge in [0.1, 0.15) is 10.7 Å².